The minimum Gasteiger partial charge on any atom is -0.497 e. The van der Waals surface area contributed by atoms with Crippen molar-refractivity contribution in [3.05, 3.63) is 48.0 Å². The summed E-state index contributed by atoms with van der Waals surface area (Å²) in [5, 5.41) is 2.78. The Morgan fingerprint density at radius 2 is 1.86 bits per heavy atom. The molecule has 0 unspecified atom stereocenters. The fraction of sp³-hybridized carbons (Fsp3) is 0.350. The Hall–Kier alpha value is -2.74. The average molecular weight is 407 g/mol. The van der Waals surface area contributed by atoms with E-state index in [2.05, 4.69) is 5.32 Å². The molecule has 0 heterocycles. The predicted molar refractivity (Wildman–Crippen MR) is 111 cm³/mol. The first-order chi connectivity index (χ1) is 13.2. The van der Waals surface area contributed by atoms with Gasteiger partial charge in [0, 0.05) is 6.07 Å². The van der Waals surface area contributed by atoms with Crippen LogP contribution in [-0.4, -0.2) is 40.8 Å². The number of ether oxygens (including phenoxy) is 2. The van der Waals surface area contributed by atoms with Crippen LogP contribution in [0.15, 0.2) is 42.5 Å². The Labute approximate surface area is 166 Å². The highest BCUT2D eigenvalue weighted by Gasteiger charge is 2.32. The van der Waals surface area contributed by atoms with Crippen LogP contribution in [0.3, 0.4) is 0 Å². The van der Waals surface area contributed by atoms with E-state index >= 15 is 0 Å². The van der Waals surface area contributed by atoms with Gasteiger partial charge in [-0.05, 0) is 43.2 Å². The van der Waals surface area contributed by atoms with Gasteiger partial charge in [-0.15, -0.1) is 0 Å². The van der Waals surface area contributed by atoms with Gasteiger partial charge < -0.3 is 14.8 Å². The van der Waals surface area contributed by atoms with Gasteiger partial charge in [-0.25, -0.2) is 8.42 Å². The molecule has 152 valence electrons. The number of methoxy groups -OCH3 is 2. The first kappa shape index (κ1) is 21.6. The molecule has 1 amide bonds. The molecule has 0 aliphatic heterocycles. The fourth-order valence-corrected chi connectivity index (χ4v) is 4.15. The van der Waals surface area contributed by atoms with Gasteiger partial charge in [0.1, 0.15) is 17.5 Å². The first-order valence-electron chi connectivity index (χ1n) is 8.80. The molecule has 2 aromatic rings. The van der Waals surface area contributed by atoms with Crippen LogP contribution in [0.25, 0.3) is 0 Å². The molecule has 2 aromatic carbocycles. The van der Waals surface area contributed by atoms with Crippen molar-refractivity contribution in [2.45, 2.75) is 26.3 Å². The summed E-state index contributed by atoms with van der Waals surface area (Å²) in [5.74, 6) is 0.557. The summed E-state index contributed by atoms with van der Waals surface area (Å²) in [7, 11) is -0.671. The maximum absolute atomic E-state index is 13.0. The van der Waals surface area contributed by atoms with Gasteiger partial charge in [0.15, 0.2) is 0 Å². The van der Waals surface area contributed by atoms with Crippen LogP contribution in [0.4, 0.5) is 11.4 Å². The number of aryl methyl sites for hydroxylation is 1. The third-order valence-corrected chi connectivity index (χ3v) is 5.43. The van der Waals surface area contributed by atoms with Crippen LogP contribution < -0.4 is 19.1 Å². The summed E-state index contributed by atoms with van der Waals surface area (Å²) >= 11 is 0. The van der Waals surface area contributed by atoms with E-state index in [0.29, 0.717) is 29.3 Å². The van der Waals surface area contributed by atoms with E-state index in [4.69, 9.17) is 9.47 Å². The summed E-state index contributed by atoms with van der Waals surface area (Å²) < 4.78 is 36.6. The van der Waals surface area contributed by atoms with E-state index in [1.54, 1.807) is 43.3 Å². The molecule has 0 spiro atoms. The molecule has 1 atom stereocenters. The molecule has 0 saturated carbocycles. The lowest BCUT2D eigenvalue weighted by molar-refractivity contribution is -0.117. The molecular weight excluding hydrogens is 380 g/mol. The maximum Gasteiger partial charge on any atom is 0.248 e. The normalized spacial score (nSPS) is 12.2. The average Bonchev–Trinajstić information content (AvgIpc) is 2.65. The van der Waals surface area contributed by atoms with Crippen molar-refractivity contribution in [2.24, 2.45) is 0 Å². The number of carbonyl (C=O) groups is 1. The smallest absolute Gasteiger partial charge is 0.248 e. The van der Waals surface area contributed by atoms with Crippen LogP contribution >= 0.6 is 0 Å². The van der Waals surface area contributed by atoms with Gasteiger partial charge in [0.05, 0.1) is 31.9 Å². The highest BCUT2D eigenvalue weighted by atomic mass is 32.2. The van der Waals surface area contributed by atoms with Crippen molar-refractivity contribution in [1.82, 2.24) is 0 Å². The number of amides is 1. The van der Waals surface area contributed by atoms with Crippen LogP contribution in [0.1, 0.15) is 18.9 Å². The van der Waals surface area contributed by atoms with Crippen LogP contribution in [0, 0.1) is 6.92 Å². The number of carbonyl (C=O) groups excluding carboxylic acids is 1. The predicted octanol–water partition coefficient (Wildman–Crippen LogP) is 3.20. The second kappa shape index (κ2) is 8.97. The third kappa shape index (κ3) is 4.95. The van der Waals surface area contributed by atoms with Gasteiger partial charge in [-0.1, -0.05) is 19.1 Å². The monoisotopic (exact) mass is 406 g/mol. The summed E-state index contributed by atoms with van der Waals surface area (Å²) in [6, 6.07) is 11.1. The minimum atomic E-state index is -3.69. The standard InChI is InChI=1S/C20H26N2O5S/c1-6-18(22(28(5,24)25)15-9-7-8-14(2)12-15)20(23)21-17-11-10-16(26-3)13-19(17)27-4/h7-13,18H,6H2,1-5H3,(H,21,23)/t18-/m1/s1. The third-order valence-electron chi connectivity index (χ3n) is 4.25. The van der Waals surface area contributed by atoms with Crippen molar-refractivity contribution in [3.63, 3.8) is 0 Å². The van der Waals surface area contributed by atoms with Crippen molar-refractivity contribution >= 4 is 27.3 Å². The number of nitrogens with one attached hydrogen (secondary N) is 1. The number of anilines is 2. The second-order valence-corrected chi connectivity index (χ2v) is 8.24. The van der Waals surface area contributed by atoms with Crippen molar-refractivity contribution in [3.8, 4) is 11.5 Å². The first-order valence-corrected chi connectivity index (χ1v) is 10.6. The van der Waals surface area contributed by atoms with Gasteiger partial charge in [0.25, 0.3) is 0 Å². The zero-order valence-electron chi connectivity index (χ0n) is 16.7. The number of rotatable bonds is 8. The molecular formula is C20H26N2O5S. The quantitative estimate of drug-likeness (QED) is 0.728. The van der Waals surface area contributed by atoms with E-state index in [-0.39, 0.29) is 0 Å². The van der Waals surface area contributed by atoms with Crippen LogP contribution in [0.5, 0.6) is 11.5 Å². The highest BCUT2D eigenvalue weighted by molar-refractivity contribution is 7.92. The number of nitrogens with zero attached hydrogens (tertiary/aromatic N) is 1. The van der Waals surface area contributed by atoms with Gasteiger partial charge in [-0.3, -0.25) is 9.10 Å². The SMILES string of the molecule is CC[C@H](C(=O)Nc1ccc(OC)cc1OC)N(c1cccc(C)c1)S(C)(=O)=O. The molecule has 0 radical (unpaired) electrons. The zero-order valence-corrected chi connectivity index (χ0v) is 17.5. The Balaban J connectivity index is 2.40. The molecule has 1 N–H and O–H groups in total. The molecule has 0 fully saturated rings. The molecule has 0 aliphatic carbocycles. The van der Waals surface area contributed by atoms with E-state index in [1.165, 1.54) is 14.2 Å². The Bertz CT molecular complexity index is 943. The van der Waals surface area contributed by atoms with E-state index in [9.17, 15) is 13.2 Å². The summed E-state index contributed by atoms with van der Waals surface area (Å²) in [6.45, 7) is 3.64. The van der Waals surface area contributed by atoms with Gasteiger partial charge >= 0.3 is 0 Å². The zero-order chi connectivity index (χ0) is 20.9. The lowest BCUT2D eigenvalue weighted by Gasteiger charge is -2.30. The number of benzene rings is 2. The Morgan fingerprint density at radius 3 is 2.39 bits per heavy atom. The maximum atomic E-state index is 13.0. The molecule has 8 heteroatoms. The number of sulfonamides is 1. The number of hydrogen-bond acceptors (Lipinski definition) is 5. The molecule has 0 bridgehead atoms. The summed E-state index contributed by atoms with van der Waals surface area (Å²) in [4.78, 5) is 13.0. The van der Waals surface area contributed by atoms with Crippen molar-refractivity contribution in [1.29, 1.82) is 0 Å². The number of hydrogen-bond donors (Lipinski definition) is 1. The summed E-state index contributed by atoms with van der Waals surface area (Å²) in [6.07, 6.45) is 1.39. The molecule has 2 rings (SSSR count). The van der Waals surface area contributed by atoms with E-state index in [0.717, 1.165) is 16.1 Å². The van der Waals surface area contributed by atoms with Crippen LogP contribution in [-0.2, 0) is 14.8 Å². The van der Waals surface area contributed by atoms with E-state index < -0.39 is 22.0 Å². The lowest BCUT2D eigenvalue weighted by atomic mass is 10.1. The van der Waals surface area contributed by atoms with Gasteiger partial charge in [0.2, 0.25) is 15.9 Å². The van der Waals surface area contributed by atoms with E-state index in [1.807, 2.05) is 13.0 Å². The molecule has 0 aliphatic rings. The fourth-order valence-electron chi connectivity index (χ4n) is 2.94. The largest absolute Gasteiger partial charge is 0.497 e. The Morgan fingerprint density at radius 1 is 1.14 bits per heavy atom. The topological polar surface area (TPSA) is 84.9 Å². The summed E-state index contributed by atoms with van der Waals surface area (Å²) in [5.41, 5.74) is 1.79. The van der Waals surface area contributed by atoms with Gasteiger partial charge in [-0.2, -0.15) is 0 Å². The Kier molecular flexibility index (Phi) is 6.90. The highest BCUT2D eigenvalue weighted by Crippen LogP contribution is 2.30. The van der Waals surface area contributed by atoms with Crippen LogP contribution in [0.2, 0.25) is 0 Å². The molecule has 7 nitrogen and oxygen atoms in total. The molecule has 28 heavy (non-hydrogen) atoms. The molecule has 0 saturated heterocycles. The van der Waals surface area contributed by atoms with Crippen molar-refractivity contribution < 1.29 is 22.7 Å². The molecule has 0 aromatic heterocycles. The lowest BCUT2D eigenvalue weighted by Crippen LogP contribution is -2.47. The van der Waals surface area contributed by atoms with Crippen molar-refractivity contribution in [2.75, 3.05) is 30.1 Å². The minimum absolute atomic E-state index is 0.297. The second-order valence-electron chi connectivity index (χ2n) is 6.38.